The molecule has 2 N–H and O–H groups in total. The number of benzene rings is 3. The maximum atomic E-state index is 12.5. The number of anilines is 1. The molecular weight excluding hydrogens is 378 g/mol. The van der Waals surface area contributed by atoms with E-state index in [1.54, 1.807) is 26.0 Å². The Morgan fingerprint density at radius 3 is 2.37 bits per heavy atom. The van der Waals surface area contributed by atoms with Crippen molar-refractivity contribution in [3.05, 3.63) is 78.4 Å². The van der Waals surface area contributed by atoms with E-state index < -0.39 is 6.10 Å². The number of hydrogen-bond acceptors (Lipinski definition) is 4. The Morgan fingerprint density at radius 1 is 0.967 bits per heavy atom. The van der Waals surface area contributed by atoms with E-state index in [1.807, 2.05) is 60.7 Å². The molecule has 3 aromatic carbocycles. The van der Waals surface area contributed by atoms with E-state index >= 15 is 0 Å². The molecule has 6 nitrogen and oxygen atoms in total. The summed E-state index contributed by atoms with van der Waals surface area (Å²) in [6, 6.07) is 22.5. The minimum atomic E-state index is -0.668. The van der Waals surface area contributed by atoms with E-state index in [0.717, 1.165) is 22.0 Å². The molecule has 1 atom stereocenters. The molecule has 0 bridgehead atoms. The Bertz CT molecular complexity index is 1200. The second-order valence-electron chi connectivity index (χ2n) is 7.03. The highest BCUT2D eigenvalue weighted by molar-refractivity contribution is 6.02. The molecule has 0 fully saturated rings. The summed E-state index contributed by atoms with van der Waals surface area (Å²) in [6.07, 6.45) is -0.668. The average molecular weight is 399 g/mol. The highest BCUT2D eigenvalue weighted by Gasteiger charge is 2.17. The molecule has 0 saturated carbocycles. The van der Waals surface area contributed by atoms with E-state index in [-0.39, 0.29) is 11.7 Å². The van der Waals surface area contributed by atoms with Gasteiger partial charge in [-0.1, -0.05) is 48.5 Å². The van der Waals surface area contributed by atoms with Crippen molar-refractivity contribution in [3.8, 4) is 16.9 Å². The molecule has 1 amide bonds. The summed E-state index contributed by atoms with van der Waals surface area (Å²) < 4.78 is 5.67. The minimum Gasteiger partial charge on any atom is -0.481 e. The van der Waals surface area contributed by atoms with E-state index in [2.05, 4.69) is 15.5 Å². The number of ether oxygens (including phenoxy) is 1. The van der Waals surface area contributed by atoms with Crippen molar-refractivity contribution in [1.82, 2.24) is 10.2 Å². The van der Waals surface area contributed by atoms with Gasteiger partial charge in [0, 0.05) is 10.9 Å². The first kappa shape index (κ1) is 19.4. The third-order valence-electron chi connectivity index (χ3n) is 4.85. The summed E-state index contributed by atoms with van der Waals surface area (Å²) in [5.41, 5.74) is 3.46. The average Bonchev–Trinajstić information content (AvgIpc) is 3.16. The SMILES string of the molecule is CC(=O)c1ccc(-c2ccc3c(NC(=O)C(C)Oc4ccccc4)n[nH]c3c2)cc1. The van der Waals surface area contributed by atoms with Crippen LogP contribution < -0.4 is 10.1 Å². The number of aromatic amines is 1. The standard InChI is InChI=1S/C24H21N3O3/c1-15(28)17-8-10-18(11-9-17)19-12-13-21-22(14-19)26-27-23(21)25-24(29)16(2)30-20-6-4-3-5-7-20/h3-14,16H,1-2H3,(H2,25,26,27,29). The van der Waals surface area contributed by atoms with Crippen LogP contribution in [0.25, 0.3) is 22.0 Å². The molecule has 30 heavy (non-hydrogen) atoms. The Labute approximate surface area is 173 Å². The zero-order valence-corrected chi connectivity index (χ0v) is 16.7. The van der Waals surface area contributed by atoms with Gasteiger partial charge >= 0.3 is 0 Å². The second-order valence-corrected chi connectivity index (χ2v) is 7.03. The number of fused-ring (bicyclic) bond motifs is 1. The van der Waals surface area contributed by atoms with Crippen molar-refractivity contribution in [2.45, 2.75) is 20.0 Å². The van der Waals surface area contributed by atoms with Crippen LogP contribution >= 0.6 is 0 Å². The van der Waals surface area contributed by atoms with Crippen molar-refractivity contribution < 1.29 is 14.3 Å². The number of nitrogens with one attached hydrogen (secondary N) is 2. The van der Waals surface area contributed by atoms with Gasteiger partial charge in [0.15, 0.2) is 17.7 Å². The number of aromatic nitrogens is 2. The minimum absolute atomic E-state index is 0.0384. The quantitative estimate of drug-likeness (QED) is 0.455. The molecule has 4 rings (SSSR count). The van der Waals surface area contributed by atoms with Crippen LogP contribution in [0.5, 0.6) is 5.75 Å². The summed E-state index contributed by atoms with van der Waals surface area (Å²) >= 11 is 0. The molecule has 1 heterocycles. The first-order valence-corrected chi connectivity index (χ1v) is 9.63. The molecule has 0 aliphatic heterocycles. The lowest BCUT2D eigenvalue weighted by Crippen LogP contribution is -2.30. The molecule has 6 heteroatoms. The van der Waals surface area contributed by atoms with Gasteiger partial charge in [-0.15, -0.1) is 0 Å². The fourth-order valence-electron chi connectivity index (χ4n) is 3.17. The Kier molecular flexibility index (Phi) is 5.30. The number of rotatable bonds is 6. The molecule has 0 aliphatic rings. The Hall–Kier alpha value is -3.93. The number of hydrogen-bond donors (Lipinski definition) is 2. The first-order valence-electron chi connectivity index (χ1n) is 9.63. The maximum Gasteiger partial charge on any atom is 0.266 e. The molecule has 0 radical (unpaired) electrons. The van der Waals surface area contributed by atoms with Crippen LogP contribution in [0.15, 0.2) is 72.8 Å². The van der Waals surface area contributed by atoms with Crippen molar-refractivity contribution in [1.29, 1.82) is 0 Å². The van der Waals surface area contributed by atoms with Crippen LogP contribution in [0, 0.1) is 0 Å². The normalized spacial score (nSPS) is 11.8. The van der Waals surface area contributed by atoms with E-state index in [0.29, 0.717) is 17.1 Å². The van der Waals surface area contributed by atoms with Crippen molar-refractivity contribution in [3.63, 3.8) is 0 Å². The lowest BCUT2D eigenvalue weighted by atomic mass is 10.0. The van der Waals surface area contributed by atoms with Crippen molar-refractivity contribution >= 4 is 28.4 Å². The predicted octanol–water partition coefficient (Wildman–Crippen LogP) is 4.84. The van der Waals surface area contributed by atoms with Gasteiger partial charge < -0.3 is 10.1 Å². The summed E-state index contributed by atoms with van der Waals surface area (Å²) in [6.45, 7) is 3.24. The van der Waals surface area contributed by atoms with Crippen LogP contribution in [0.1, 0.15) is 24.2 Å². The molecular formula is C24H21N3O3. The molecule has 1 aromatic heterocycles. The third-order valence-corrected chi connectivity index (χ3v) is 4.85. The van der Waals surface area contributed by atoms with Crippen LogP contribution in [-0.4, -0.2) is 28.0 Å². The lowest BCUT2D eigenvalue weighted by molar-refractivity contribution is -0.122. The van der Waals surface area contributed by atoms with E-state index in [9.17, 15) is 9.59 Å². The van der Waals surface area contributed by atoms with Gasteiger partial charge in [0.05, 0.1) is 5.52 Å². The first-order chi connectivity index (χ1) is 14.5. The lowest BCUT2D eigenvalue weighted by Gasteiger charge is -2.13. The van der Waals surface area contributed by atoms with Crippen LogP contribution in [0.4, 0.5) is 5.82 Å². The number of Topliss-reactive ketones (excluding diaryl/α,β-unsaturated/α-hetero) is 1. The molecule has 1 unspecified atom stereocenters. The summed E-state index contributed by atoms with van der Waals surface area (Å²) in [5.74, 6) is 0.844. The molecule has 0 saturated heterocycles. The second kappa shape index (κ2) is 8.21. The zero-order chi connectivity index (χ0) is 21.1. The number of para-hydroxylation sites is 1. The number of amides is 1. The van der Waals surface area contributed by atoms with E-state index in [4.69, 9.17) is 4.74 Å². The fraction of sp³-hybridized carbons (Fsp3) is 0.125. The van der Waals surface area contributed by atoms with Gasteiger partial charge in [-0.25, -0.2) is 0 Å². The molecule has 4 aromatic rings. The number of ketones is 1. The van der Waals surface area contributed by atoms with Crippen LogP contribution in [0.3, 0.4) is 0 Å². The summed E-state index contributed by atoms with van der Waals surface area (Å²) in [7, 11) is 0. The van der Waals surface area contributed by atoms with Crippen molar-refractivity contribution in [2.24, 2.45) is 0 Å². The fourth-order valence-corrected chi connectivity index (χ4v) is 3.17. The topological polar surface area (TPSA) is 84.1 Å². The third kappa shape index (κ3) is 4.07. The number of H-pyrrole nitrogens is 1. The number of carbonyl (C=O) groups is 2. The van der Waals surface area contributed by atoms with E-state index in [1.165, 1.54) is 0 Å². The smallest absolute Gasteiger partial charge is 0.266 e. The van der Waals surface area contributed by atoms with Gasteiger partial charge in [0.25, 0.3) is 5.91 Å². The molecule has 0 spiro atoms. The number of nitrogens with zero attached hydrogens (tertiary/aromatic N) is 1. The van der Waals surface area contributed by atoms with Gasteiger partial charge in [-0.05, 0) is 49.2 Å². The number of carbonyl (C=O) groups excluding carboxylic acids is 2. The Balaban J connectivity index is 1.50. The molecule has 0 aliphatic carbocycles. The largest absolute Gasteiger partial charge is 0.481 e. The monoisotopic (exact) mass is 399 g/mol. The Morgan fingerprint density at radius 2 is 1.67 bits per heavy atom. The molecule has 150 valence electrons. The zero-order valence-electron chi connectivity index (χ0n) is 16.7. The van der Waals surface area contributed by atoms with Gasteiger partial charge in [-0.2, -0.15) is 5.10 Å². The predicted molar refractivity (Wildman–Crippen MR) is 117 cm³/mol. The highest BCUT2D eigenvalue weighted by atomic mass is 16.5. The van der Waals surface area contributed by atoms with Gasteiger partial charge in [-0.3, -0.25) is 14.7 Å². The van der Waals surface area contributed by atoms with Gasteiger partial charge in [0.2, 0.25) is 0 Å². The van der Waals surface area contributed by atoms with Crippen LogP contribution in [-0.2, 0) is 4.79 Å². The van der Waals surface area contributed by atoms with Gasteiger partial charge in [0.1, 0.15) is 5.75 Å². The summed E-state index contributed by atoms with van der Waals surface area (Å²) in [4.78, 5) is 24.0. The van der Waals surface area contributed by atoms with Crippen LogP contribution in [0.2, 0.25) is 0 Å². The highest BCUT2D eigenvalue weighted by Crippen LogP contribution is 2.27. The van der Waals surface area contributed by atoms with Crippen molar-refractivity contribution in [2.75, 3.05) is 5.32 Å². The maximum absolute atomic E-state index is 12.5. The summed E-state index contributed by atoms with van der Waals surface area (Å²) in [5, 5.41) is 10.8.